The standard InChI is InChI=1S/C16H19NO6/c1-3-20-14(18)16(15(19)21-4-2)8-10-9-23-17-13(10)12(16)11-6-5-7-22-11/h5-7,10,12H,3-4,8-9H2,1-2H3/t10-,12-/m1/s1. The second-order valence-corrected chi connectivity index (χ2v) is 5.57. The summed E-state index contributed by atoms with van der Waals surface area (Å²) in [7, 11) is 0. The van der Waals surface area contributed by atoms with E-state index in [0.29, 0.717) is 18.1 Å². The van der Waals surface area contributed by atoms with Crippen molar-refractivity contribution >= 4 is 17.7 Å². The van der Waals surface area contributed by atoms with Crippen LogP contribution in [0.4, 0.5) is 0 Å². The molecule has 1 fully saturated rings. The minimum absolute atomic E-state index is 0.126. The summed E-state index contributed by atoms with van der Waals surface area (Å²) in [5.41, 5.74) is -0.835. The monoisotopic (exact) mass is 321 g/mol. The molecule has 23 heavy (non-hydrogen) atoms. The van der Waals surface area contributed by atoms with Crippen LogP contribution in [0, 0.1) is 11.3 Å². The minimum Gasteiger partial charge on any atom is -0.469 e. The predicted octanol–water partition coefficient (Wildman–Crippen LogP) is 1.88. The minimum atomic E-state index is -1.48. The van der Waals surface area contributed by atoms with E-state index >= 15 is 0 Å². The highest BCUT2D eigenvalue weighted by molar-refractivity contribution is 6.12. The van der Waals surface area contributed by atoms with E-state index in [4.69, 9.17) is 18.7 Å². The summed E-state index contributed by atoms with van der Waals surface area (Å²) in [6.07, 6.45) is 1.75. The highest BCUT2D eigenvalue weighted by Gasteiger charge is 2.66. The van der Waals surface area contributed by atoms with Gasteiger partial charge in [-0.25, -0.2) is 0 Å². The lowest BCUT2D eigenvalue weighted by atomic mass is 9.75. The van der Waals surface area contributed by atoms with E-state index in [-0.39, 0.29) is 25.6 Å². The Labute approximate surface area is 133 Å². The van der Waals surface area contributed by atoms with E-state index in [0.717, 1.165) is 0 Å². The molecule has 1 saturated carbocycles. The highest BCUT2D eigenvalue weighted by Crippen LogP contribution is 2.53. The summed E-state index contributed by atoms with van der Waals surface area (Å²) in [4.78, 5) is 30.7. The van der Waals surface area contributed by atoms with E-state index < -0.39 is 23.3 Å². The van der Waals surface area contributed by atoms with Gasteiger partial charge in [-0.1, -0.05) is 5.16 Å². The van der Waals surface area contributed by atoms with Gasteiger partial charge in [0.15, 0.2) is 5.41 Å². The quantitative estimate of drug-likeness (QED) is 0.608. The van der Waals surface area contributed by atoms with Crippen LogP contribution < -0.4 is 0 Å². The van der Waals surface area contributed by atoms with Gasteiger partial charge in [0.25, 0.3) is 0 Å². The van der Waals surface area contributed by atoms with E-state index in [1.54, 1.807) is 26.0 Å². The molecule has 0 amide bonds. The molecule has 1 aliphatic carbocycles. The number of ether oxygens (including phenoxy) is 2. The summed E-state index contributed by atoms with van der Waals surface area (Å²) in [5, 5.41) is 4.06. The molecule has 1 aliphatic heterocycles. The van der Waals surface area contributed by atoms with E-state index in [1.807, 2.05) is 0 Å². The Hall–Kier alpha value is -2.31. The number of rotatable bonds is 5. The Morgan fingerprint density at radius 3 is 2.57 bits per heavy atom. The molecule has 2 heterocycles. The number of hydrogen-bond acceptors (Lipinski definition) is 7. The molecule has 0 aromatic carbocycles. The van der Waals surface area contributed by atoms with E-state index in [9.17, 15) is 9.59 Å². The maximum Gasteiger partial charge on any atom is 0.324 e. The second kappa shape index (κ2) is 6.06. The zero-order valence-corrected chi connectivity index (χ0v) is 13.1. The van der Waals surface area contributed by atoms with Crippen molar-refractivity contribution in [2.24, 2.45) is 16.5 Å². The van der Waals surface area contributed by atoms with Gasteiger partial charge in [0.1, 0.15) is 12.4 Å². The topological polar surface area (TPSA) is 87.3 Å². The summed E-state index contributed by atoms with van der Waals surface area (Å²) in [6.45, 7) is 4.11. The lowest BCUT2D eigenvalue weighted by Crippen LogP contribution is -2.45. The van der Waals surface area contributed by atoms with Crippen LogP contribution in [-0.2, 0) is 23.9 Å². The molecule has 2 atom stereocenters. The van der Waals surface area contributed by atoms with E-state index in [1.165, 1.54) is 6.26 Å². The Morgan fingerprint density at radius 2 is 2.00 bits per heavy atom. The van der Waals surface area contributed by atoms with Crippen LogP contribution in [-0.4, -0.2) is 37.5 Å². The fourth-order valence-corrected chi connectivity index (χ4v) is 3.42. The van der Waals surface area contributed by atoms with Crippen LogP contribution in [0.1, 0.15) is 31.9 Å². The number of carbonyl (C=O) groups excluding carboxylic acids is 2. The Bertz CT molecular complexity index is 603. The van der Waals surface area contributed by atoms with Gasteiger partial charge in [0.05, 0.1) is 31.1 Å². The summed E-state index contributed by atoms with van der Waals surface area (Å²) < 4.78 is 15.9. The Balaban J connectivity index is 2.11. The van der Waals surface area contributed by atoms with Gasteiger partial charge in [-0.3, -0.25) is 9.59 Å². The van der Waals surface area contributed by atoms with Gasteiger partial charge in [-0.05, 0) is 32.4 Å². The molecule has 7 nitrogen and oxygen atoms in total. The van der Waals surface area contributed by atoms with Crippen molar-refractivity contribution in [3.63, 3.8) is 0 Å². The zero-order chi connectivity index (χ0) is 16.4. The van der Waals surface area contributed by atoms with E-state index in [2.05, 4.69) is 5.16 Å². The number of esters is 2. The maximum absolute atomic E-state index is 12.8. The molecular weight excluding hydrogens is 302 g/mol. The predicted molar refractivity (Wildman–Crippen MR) is 78.6 cm³/mol. The molecule has 0 saturated heterocycles. The molecule has 1 aromatic rings. The van der Waals surface area contributed by atoms with Crippen molar-refractivity contribution in [2.75, 3.05) is 19.8 Å². The Morgan fingerprint density at radius 1 is 1.30 bits per heavy atom. The first kappa shape index (κ1) is 15.6. The van der Waals surface area contributed by atoms with Crippen molar-refractivity contribution in [1.82, 2.24) is 0 Å². The fourth-order valence-electron chi connectivity index (χ4n) is 3.42. The van der Waals surface area contributed by atoms with Crippen LogP contribution in [0.25, 0.3) is 0 Å². The molecule has 0 radical (unpaired) electrons. The number of carbonyl (C=O) groups is 2. The second-order valence-electron chi connectivity index (χ2n) is 5.57. The van der Waals surface area contributed by atoms with Gasteiger partial charge < -0.3 is 18.7 Å². The van der Waals surface area contributed by atoms with Gasteiger partial charge in [0.2, 0.25) is 0 Å². The first-order valence-corrected chi connectivity index (χ1v) is 7.72. The molecular formula is C16H19NO6. The zero-order valence-electron chi connectivity index (χ0n) is 13.1. The normalized spacial score (nSPS) is 24.5. The third-order valence-electron chi connectivity index (χ3n) is 4.33. The van der Waals surface area contributed by atoms with Crippen molar-refractivity contribution < 1.29 is 28.3 Å². The molecule has 0 spiro atoms. The van der Waals surface area contributed by atoms with Crippen molar-refractivity contribution in [3.8, 4) is 0 Å². The largest absolute Gasteiger partial charge is 0.469 e. The highest BCUT2D eigenvalue weighted by atomic mass is 16.6. The maximum atomic E-state index is 12.8. The van der Waals surface area contributed by atoms with Crippen LogP contribution >= 0.6 is 0 Å². The molecule has 0 N–H and O–H groups in total. The van der Waals surface area contributed by atoms with Crippen LogP contribution in [0.3, 0.4) is 0 Å². The third kappa shape index (κ3) is 2.31. The molecule has 7 heteroatoms. The van der Waals surface area contributed by atoms with Gasteiger partial charge in [-0.15, -0.1) is 0 Å². The van der Waals surface area contributed by atoms with Crippen LogP contribution in [0.2, 0.25) is 0 Å². The summed E-state index contributed by atoms with van der Waals surface area (Å²) in [6, 6.07) is 3.43. The molecule has 2 aliphatic rings. The lowest BCUT2D eigenvalue weighted by molar-refractivity contribution is -0.173. The molecule has 1 aromatic heterocycles. The van der Waals surface area contributed by atoms with Crippen molar-refractivity contribution in [3.05, 3.63) is 24.2 Å². The molecule has 0 unspecified atom stereocenters. The average Bonchev–Trinajstić information content (AvgIpc) is 3.23. The lowest BCUT2D eigenvalue weighted by Gasteiger charge is -2.29. The molecule has 0 bridgehead atoms. The number of fused-ring (bicyclic) bond motifs is 1. The SMILES string of the molecule is CCOC(=O)C1(C(=O)OCC)C[C@@H]2CON=C2[C@H]1c1ccco1. The first-order valence-electron chi connectivity index (χ1n) is 7.72. The number of furan rings is 1. The van der Waals surface area contributed by atoms with Crippen molar-refractivity contribution in [1.29, 1.82) is 0 Å². The summed E-state index contributed by atoms with van der Waals surface area (Å²) >= 11 is 0. The van der Waals surface area contributed by atoms with Gasteiger partial charge >= 0.3 is 11.9 Å². The number of hydrogen-bond donors (Lipinski definition) is 0. The third-order valence-corrected chi connectivity index (χ3v) is 4.33. The van der Waals surface area contributed by atoms with Crippen molar-refractivity contribution in [2.45, 2.75) is 26.2 Å². The molecule has 3 rings (SSSR count). The van der Waals surface area contributed by atoms with Gasteiger partial charge in [0, 0.05) is 5.92 Å². The first-order chi connectivity index (χ1) is 11.1. The smallest absolute Gasteiger partial charge is 0.324 e. The average molecular weight is 321 g/mol. The summed E-state index contributed by atoms with van der Waals surface area (Å²) in [5.74, 6) is -1.51. The Kier molecular flexibility index (Phi) is 4.11. The number of nitrogens with zero attached hydrogens (tertiary/aromatic N) is 1. The van der Waals surface area contributed by atoms with Crippen LogP contribution in [0.15, 0.2) is 28.0 Å². The fraction of sp³-hybridized carbons (Fsp3) is 0.562. The van der Waals surface area contributed by atoms with Gasteiger partial charge in [-0.2, -0.15) is 0 Å². The van der Waals surface area contributed by atoms with Crippen LogP contribution in [0.5, 0.6) is 0 Å². The number of oxime groups is 1. The molecule has 124 valence electrons.